The van der Waals surface area contributed by atoms with Gasteiger partial charge in [-0.1, -0.05) is 6.07 Å². The second-order valence-electron chi connectivity index (χ2n) is 11.2. The molecule has 1 aromatic rings. The first-order chi connectivity index (χ1) is 14.0. The Morgan fingerprint density at radius 3 is 2.13 bits per heavy atom. The van der Waals surface area contributed by atoms with Gasteiger partial charge in [-0.05, 0) is 74.4 Å². The van der Waals surface area contributed by atoms with Gasteiger partial charge in [-0.2, -0.15) is 0 Å². The van der Waals surface area contributed by atoms with Crippen LogP contribution in [-0.2, 0) is 14.0 Å². The largest absolute Gasteiger partial charge is 0.497 e. The van der Waals surface area contributed by atoms with E-state index in [1.54, 1.807) is 11.0 Å². The molecule has 0 spiro atoms. The highest BCUT2D eigenvalue weighted by Crippen LogP contribution is 2.37. The molecule has 2 heterocycles. The van der Waals surface area contributed by atoms with Crippen molar-refractivity contribution >= 4 is 24.4 Å². The SMILES string of the molecule is CC(C)(C)OC(=O)N1CCN(c2ccc(B3OC(C)(C)C(C)(C)O3)c(F)c2)CC1(C)C. The minimum absolute atomic E-state index is 0.320. The Hall–Kier alpha value is -1.80. The summed E-state index contributed by atoms with van der Waals surface area (Å²) >= 11 is 0. The lowest BCUT2D eigenvalue weighted by molar-refractivity contribution is 0.000366. The number of amides is 1. The number of rotatable bonds is 2. The fraction of sp³-hybridized carbons (Fsp3) is 0.696. The molecule has 0 atom stereocenters. The van der Waals surface area contributed by atoms with Crippen molar-refractivity contribution in [3.05, 3.63) is 24.0 Å². The van der Waals surface area contributed by atoms with Crippen molar-refractivity contribution in [1.82, 2.24) is 4.90 Å². The second kappa shape index (κ2) is 7.66. The lowest BCUT2D eigenvalue weighted by Crippen LogP contribution is -2.61. The molecule has 31 heavy (non-hydrogen) atoms. The van der Waals surface area contributed by atoms with Crippen LogP contribution in [0.1, 0.15) is 62.3 Å². The minimum atomic E-state index is -0.737. The number of nitrogens with zero attached hydrogens (tertiary/aromatic N) is 2. The molecule has 1 amide bonds. The Bertz CT molecular complexity index is 834. The molecule has 2 aliphatic rings. The number of hydrogen-bond donors (Lipinski definition) is 0. The number of halogens is 1. The van der Waals surface area contributed by atoms with Crippen molar-refractivity contribution in [2.75, 3.05) is 24.5 Å². The molecule has 2 saturated heterocycles. The average molecular weight is 434 g/mol. The normalized spacial score (nSPS) is 22.6. The molecule has 0 aromatic heterocycles. The molecular formula is C23H36BFN2O4. The molecule has 0 radical (unpaired) electrons. The summed E-state index contributed by atoms with van der Waals surface area (Å²) < 4.78 is 32.6. The Kier molecular flexibility index (Phi) is 5.90. The minimum Gasteiger partial charge on any atom is -0.444 e. The second-order valence-corrected chi connectivity index (χ2v) is 11.2. The quantitative estimate of drug-likeness (QED) is 0.660. The Morgan fingerprint density at radius 1 is 1.06 bits per heavy atom. The van der Waals surface area contributed by atoms with Gasteiger partial charge in [0.05, 0.1) is 16.7 Å². The van der Waals surface area contributed by atoms with E-state index in [1.165, 1.54) is 6.07 Å². The van der Waals surface area contributed by atoms with Gasteiger partial charge in [0, 0.05) is 30.8 Å². The van der Waals surface area contributed by atoms with Gasteiger partial charge in [0.25, 0.3) is 0 Å². The standard InChI is InChI=1S/C23H36BFN2O4/c1-20(2,3)29-19(28)27-13-12-26(15-21(27,4)5)16-10-11-17(18(25)14-16)24-30-22(6,7)23(8,9)31-24/h10-11,14H,12-13,15H2,1-9H3. The smallest absolute Gasteiger partial charge is 0.444 e. The van der Waals surface area contributed by atoms with Gasteiger partial charge in [-0.25, -0.2) is 9.18 Å². The molecule has 0 N–H and O–H groups in total. The van der Waals surface area contributed by atoms with E-state index < -0.39 is 29.5 Å². The van der Waals surface area contributed by atoms with E-state index in [2.05, 4.69) is 4.90 Å². The lowest BCUT2D eigenvalue weighted by Gasteiger charge is -2.47. The molecule has 2 aliphatic heterocycles. The van der Waals surface area contributed by atoms with Crippen LogP contribution in [0.25, 0.3) is 0 Å². The zero-order chi connectivity index (χ0) is 23.4. The van der Waals surface area contributed by atoms with Gasteiger partial charge < -0.3 is 18.9 Å². The molecule has 1 aromatic carbocycles. The summed E-state index contributed by atoms with van der Waals surface area (Å²) in [6.45, 7) is 19.0. The molecule has 0 saturated carbocycles. The van der Waals surface area contributed by atoms with E-state index in [9.17, 15) is 4.79 Å². The van der Waals surface area contributed by atoms with Gasteiger partial charge in [0.2, 0.25) is 0 Å². The summed E-state index contributed by atoms with van der Waals surface area (Å²) in [4.78, 5) is 16.5. The van der Waals surface area contributed by atoms with Crippen LogP contribution in [0.4, 0.5) is 14.9 Å². The van der Waals surface area contributed by atoms with E-state index in [0.717, 1.165) is 5.69 Å². The van der Waals surface area contributed by atoms with Crippen LogP contribution < -0.4 is 10.4 Å². The van der Waals surface area contributed by atoms with Crippen molar-refractivity contribution < 1.29 is 23.2 Å². The van der Waals surface area contributed by atoms with Crippen LogP contribution in [-0.4, -0.2) is 60.1 Å². The summed E-state index contributed by atoms with van der Waals surface area (Å²) in [5, 5.41) is 0. The number of hydrogen-bond acceptors (Lipinski definition) is 5. The third-order valence-corrected chi connectivity index (χ3v) is 6.37. The molecule has 172 valence electrons. The predicted molar refractivity (Wildman–Crippen MR) is 121 cm³/mol. The average Bonchev–Trinajstić information content (AvgIpc) is 2.79. The van der Waals surface area contributed by atoms with Crippen LogP contribution in [0.2, 0.25) is 0 Å². The van der Waals surface area contributed by atoms with Crippen molar-refractivity contribution in [3.63, 3.8) is 0 Å². The molecule has 0 aliphatic carbocycles. The first-order valence-corrected chi connectivity index (χ1v) is 10.9. The molecule has 8 heteroatoms. The van der Waals surface area contributed by atoms with Gasteiger partial charge in [0.15, 0.2) is 0 Å². The monoisotopic (exact) mass is 434 g/mol. The van der Waals surface area contributed by atoms with E-state index in [0.29, 0.717) is 25.1 Å². The van der Waals surface area contributed by atoms with Crippen LogP contribution in [0, 0.1) is 5.82 Å². The van der Waals surface area contributed by atoms with Crippen molar-refractivity contribution in [1.29, 1.82) is 0 Å². The number of anilines is 1. The first kappa shape index (κ1) is 23.9. The molecule has 0 unspecified atom stereocenters. The third-order valence-electron chi connectivity index (χ3n) is 6.37. The van der Waals surface area contributed by atoms with Crippen molar-refractivity contribution in [2.24, 2.45) is 0 Å². The maximum absolute atomic E-state index is 15.1. The highest BCUT2D eigenvalue weighted by molar-refractivity contribution is 6.62. The van der Waals surface area contributed by atoms with Crippen LogP contribution in [0.3, 0.4) is 0 Å². The number of piperazine rings is 1. The Morgan fingerprint density at radius 2 is 1.65 bits per heavy atom. The number of ether oxygens (including phenoxy) is 1. The fourth-order valence-electron chi connectivity index (χ4n) is 3.90. The maximum Gasteiger partial charge on any atom is 0.497 e. The predicted octanol–water partition coefficient (Wildman–Crippen LogP) is 3.96. The van der Waals surface area contributed by atoms with E-state index in [-0.39, 0.29) is 11.9 Å². The molecule has 3 rings (SSSR count). The molecule has 2 fully saturated rings. The molecule has 6 nitrogen and oxygen atoms in total. The van der Waals surface area contributed by atoms with Gasteiger partial charge in [-0.3, -0.25) is 4.90 Å². The van der Waals surface area contributed by atoms with Gasteiger partial charge in [-0.15, -0.1) is 0 Å². The van der Waals surface area contributed by atoms with Crippen LogP contribution in [0.5, 0.6) is 0 Å². The van der Waals surface area contributed by atoms with E-state index >= 15 is 4.39 Å². The topological polar surface area (TPSA) is 51.2 Å². The first-order valence-electron chi connectivity index (χ1n) is 10.9. The lowest BCUT2D eigenvalue weighted by atomic mass is 9.78. The van der Waals surface area contributed by atoms with Gasteiger partial charge >= 0.3 is 13.2 Å². The zero-order valence-electron chi connectivity index (χ0n) is 20.3. The van der Waals surface area contributed by atoms with Crippen LogP contribution >= 0.6 is 0 Å². The Balaban J connectivity index is 1.74. The summed E-state index contributed by atoms with van der Waals surface area (Å²) in [7, 11) is -0.737. The summed E-state index contributed by atoms with van der Waals surface area (Å²) in [5.74, 6) is -0.358. The third kappa shape index (κ3) is 4.85. The highest BCUT2D eigenvalue weighted by Gasteiger charge is 2.52. The highest BCUT2D eigenvalue weighted by atomic mass is 19.1. The summed E-state index contributed by atoms with van der Waals surface area (Å²) in [6.07, 6.45) is -0.320. The molecular weight excluding hydrogens is 398 g/mol. The van der Waals surface area contributed by atoms with Gasteiger partial charge in [0.1, 0.15) is 11.4 Å². The molecule has 0 bridgehead atoms. The summed E-state index contributed by atoms with van der Waals surface area (Å²) in [6, 6.07) is 5.16. The van der Waals surface area contributed by atoms with Crippen molar-refractivity contribution in [3.8, 4) is 0 Å². The number of benzene rings is 1. The zero-order valence-corrected chi connectivity index (χ0v) is 20.3. The van der Waals surface area contributed by atoms with E-state index in [1.807, 2.05) is 68.4 Å². The maximum atomic E-state index is 15.1. The Labute approximate surface area is 186 Å². The van der Waals surface area contributed by atoms with Crippen molar-refractivity contribution in [2.45, 2.75) is 84.7 Å². The summed E-state index contributed by atoms with van der Waals surface area (Å²) in [5.41, 5.74) is -0.878. The van der Waals surface area contributed by atoms with E-state index in [4.69, 9.17) is 14.0 Å². The number of carbonyl (C=O) groups excluding carboxylic acids is 1. The van der Waals surface area contributed by atoms with Crippen LogP contribution in [0.15, 0.2) is 18.2 Å². The fourth-order valence-corrected chi connectivity index (χ4v) is 3.90. The number of carbonyl (C=O) groups is 1.